The normalized spacial score (nSPS) is 16.4. The summed E-state index contributed by atoms with van der Waals surface area (Å²) in [5.41, 5.74) is -1.53. The Morgan fingerprint density at radius 3 is 2.59 bits per heavy atom. The molecule has 1 atom stereocenters. The van der Waals surface area contributed by atoms with E-state index in [4.69, 9.17) is 0 Å². The molecule has 1 saturated heterocycles. The van der Waals surface area contributed by atoms with Crippen molar-refractivity contribution in [1.82, 2.24) is 18.8 Å². The van der Waals surface area contributed by atoms with Gasteiger partial charge in [-0.3, -0.25) is 0 Å². The molecule has 1 fully saturated rings. The Morgan fingerprint density at radius 1 is 1.15 bits per heavy atom. The summed E-state index contributed by atoms with van der Waals surface area (Å²) in [6, 6.07) is 11.8. The molecule has 9 nitrogen and oxygen atoms in total. The summed E-state index contributed by atoms with van der Waals surface area (Å²) in [4.78, 5) is 20.6. The third-order valence-electron chi connectivity index (χ3n) is 6.41. The van der Waals surface area contributed by atoms with E-state index in [0.29, 0.717) is 30.1 Å². The summed E-state index contributed by atoms with van der Waals surface area (Å²) in [7, 11) is -4.17. The number of aromatic nitrogens is 3. The number of benzene rings is 2. The monoisotopic (exact) mass is 623 g/mol. The zero-order chi connectivity index (χ0) is 27.9. The molecule has 3 heterocycles. The van der Waals surface area contributed by atoms with E-state index in [1.54, 1.807) is 24.3 Å². The van der Waals surface area contributed by atoms with Crippen LogP contribution in [0.2, 0.25) is 0 Å². The van der Waals surface area contributed by atoms with Gasteiger partial charge in [0.25, 0.3) is 10.0 Å². The van der Waals surface area contributed by atoms with Crippen LogP contribution in [0.25, 0.3) is 22.2 Å². The van der Waals surface area contributed by atoms with Gasteiger partial charge in [-0.15, -0.1) is 0 Å². The molecule has 0 spiro atoms. The predicted octanol–water partition coefficient (Wildman–Crippen LogP) is 5.67. The minimum atomic E-state index is -4.83. The lowest BCUT2D eigenvalue weighted by Gasteiger charge is -2.31. The van der Waals surface area contributed by atoms with Gasteiger partial charge < -0.3 is 15.3 Å². The number of halogens is 4. The molecule has 5 rings (SSSR count). The van der Waals surface area contributed by atoms with Gasteiger partial charge in [-0.1, -0.05) is 40.2 Å². The number of hydrogen-bond acceptors (Lipinski definition) is 6. The molecule has 4 aromatic rings. The van der Waals surface area contributed by atoms with Crippen LogP contribution in [-0.4, -0.2) is 57.6 Å². The number of fused-ring (bicyclic) bond motifs is 1. The number of alkyl halides is 3. The van der Waals surface area contributed by atoms with E-state index >= 15 is 0 Å². The second kappa shape index (κ2) is 10.2. The number of amides is 1. The summed E-state index contributed by atoms with van der Waals surface area (Å²) in [6.07, 6.45) is -3.00. The van der Waals surface area contributed by atoms with E-state index in [0.717, 1.165) is 10.2 Å². The van der Waals surface area contributed by atoms with Crippen LogP contribution < -0.4 is 5.32 Å². The van der Waals surface area contributed by atoms with Crippen molar-refractivity contribution in [1.29, 1.82) is 0 Å². The number of carbonyl (C=O) groups is 1. The summed E-state index contributed by atoms with van der Waals surface area (Å²) in [6.45, 7) is 0.481. The molecule has 2 N–H and O–H groups in total. The summed E-state index contributed by atoms with van der Waals surface area (Å²) in [5, 5.41) is 12.5. The third-order valence-corrected chi connectivity index (χ3v) is 8.59. The maximum Gasteiger partial charge on any atom is 0.419 e. The van der Waals surface area contributed by atoms with E-state index in [1.165, 1.54) is 29.2 Å². The highest BCUT2D eigenvalue weighted by Gasteiger charge is 2.37. The lowest BCUT2D eigenvalue weighted by atomic mass is 10.1. The smallest absolute Gasteiger partial charge is 0.419 e. The molecular weight excluding hydrogens is 603 g/mol. The maximum absolute atomic E-state index is 14.1. The number of piperidine rings is 1. The van der Waals surface area contributed by atoms with Crippen LogP contribution in [0.3, 0.4) is 0 Å². The van der Waals surface area contributed by atoms with Crippen molar-refractivity contribution < 1.29 is 31.5 Å². The zero-order valence-corrected chi connectivity index (χ0v) is 22.5. The molecule has 39 heavy (non-hydrogen) atoms. The number of hydrogen-bond donors (Lipinski definition) is 2. The van der Waals surface area contributed by atoms with Crippen molar-refractivity contribution >= 4 is 48.9 Å². The first-order chi connectivity index (χ1) is 18.4. The number of carboxylic acid groups (broad SMARTS) is 1. The van der Waals surface area contributed by atoms with Crippen molar-refractivity contribution in [3.63, 3.8) is 0 Å². The highest BCUT2D eigenvalue weighted by molar-refractivity contribution is 9.10. The molecule has 0 aliphatic carbocycles. The van der Waals surface area contributed by atoms with E-state index in [-0.39, 0.29) is 33.9 Å². The molecule has 0 bridgehead atoms. The topological polar surface area (TPSA) is 117 Å². The second-order valence-corrected chi connectivity index (χ2v) is 11.7. The largest absolute Gasteiger partial charge is 0.465 e. The Bertz CT molecular complexity index is 1660. The molecule has 1 aliphatic heterocycles. The summed E-state index contributed by atoms with van der Waals surface area (Å²) >= 11 is 3.31. The van der Waals surface area contributed by atoms with Gasteiger partial charge >= 0.3 is 12.3 Å². The molecule has 1 aliphatic rings. The van der Waals surface area contributed by atoms with Gasteiger partial charge in [-0.2, -0.15) is 13.2 Å². The molecule has 204 valence electrons. The Morgan fingerprint density at radius 2 is 1.90 bits per heavy atom. The van der Waals surface area contributed by atoms with Gasteiger partial charge in [0.15, 0.2) is 0 Å². The van der Waals surface area contributed by atoms with Crippen LogP contribution >= 0.6 is 15.9 Å². The third kappa shape index (κ3) is 5.30. The Kier molecular flexibility index (Phi) is 7.01. The second-order valence-electron chi connectivity index (χ2n) is 8.98. The molecule has 2 aromatic carbocycles. The predicted molar refractivity (Wildman–Crippen MR) is 141 cm³/mol. The van der Waals surface area contributed by atoms with Gasteiger partial charge in [-0.25, -0.2) is 27.2 Å². The number of nitrogens with one attached hydrogen (secondary N) is 1. The molecule has 0 radical (unpaired) electrons. The van der Waals surface area contributed by atoms with Crippen molar-refractivity contribution in [2.75, 3.05) is 18.4 Å². The molecule has 0 unspecified atom stereocenters. The van der Waals surface area contributed by atoms with Crippen molar-refractivity contribution in [3.05, 3.63) is 71.0 Å². The standard InChI is InChI=1S/C25H21BrF3N5O4S/c26-15-8-9-18-19(14-34(21(18)11-15)39(37,38)17-6-2-1-3-7-17)22-20(25(27,28)29)12-30-23(32-22)31-16-5-4-10-33(13-16)24(35)36/h1-3,6-9,11-12,14,16H,4-5,10,13H2,(H,35,36)(H,30,31,32)/t16-/m0/s1. The molecular formula is C25H21BrF3N5O4S. The molecule has 0 saturated carbocycles. The fourth-order valence-electron chi connectivity index (χ4n) is 4.58. The first kappa shape index (κ1) is 26.9. The molecule has 2 aromatic heterocycles. The van der Waals surface area contributed by atoms with Crippen LogP contribution in [0, 0.1) is 0 Å². The van der Waals surface area contributed by atoms with Crippen LogP contribution in [0.4, 0.5) is 23.9 Å². The lowest BCUT2D eigenvalue weighted by molar-refractivity contribution is -0.137. The number of anilines is 1. The average molecular weight is 624 g/mol. The van der Waals surface area contributed by atoms with Gasteiger partial charge in [-0.05, 0) is 37.1 Å². The first-order valence-corrected chi connectivity index (χ1v) is 14.0. The Labute approximate surface area is 229 Å². The number of likely N-dealkylation sites (tertiary alicyclic amines) is 1. The first-order valence-electron chi connectivity index (χ1n) is 11.8. The molecule has 1 amide bonds. The number of rotatable bonds is 5. The summed E-state index contributed by atoms with van der Waals surface area (Å²) < 4.78 is 70.9. The van der Waals surface area contributed by atoms with E-state index < -0.39 is 39.6 Å². The quantitative estimate of drug-likeness (QED) is 0.294. The van der Waals surface area contributed by atoms with Crippen LogP contribution in [0.5, 0.6) is 0 Å². The van der Waals surface area contributed by atoms with Crippen LogP contribution in [0.1, 0.15) is 18.4 Å². The number of nitrogens with zero attached hydrogens (tertiary/aromatic N) is 4. The van der Waals surface area contributed by atoms with Gasteiger partial charge in [0.05, 0.1) is 16.1 Å². The van der Waals surface area contributed by atoms with Crippen molar-refractivity contribution in [2.45, 2.75) is 30.0 Å². The SMILES string of the molecule is O=C(O)N1CCC[C@H](Nc2ncc(C(F)(F)F)c(-c3cn(S(=O)(=O)c4ccccc4)c4cc(Br)ccc34)n2)C1. The van der Waals surface area contributed by atoms with Crippen molar-refractivity contribution in [2.24, 2.45) is 0 Å². The fraction of sp³-hybridized carbons (Fsp3) is 0.240. The minimum absolute atomic E-state index is 0.0326. The van der Waals surface area contributed by atoms with E-state index in [9.17, 15) is 31.5 Å². The molecule has 14 heteroatoms. The van der Waals surface area contributed by atoms with Gasteiger partial charge in [0.2, 0.25) is 5.95 Å². The van der Waals surface area contributed by atoms with Crippen LogP contribution in [0.15, 0.2) is 70.3 Å². The summed E-state index contributed by atoms with van der Waals surface area (Å²) in [5.74, 6) is -0.126. The Hall–Kier alpha value is -3.65. The highest BCUT2D eigenvalue weighted by atomic mass is 79.9. The van der Waals surface area contributed by atoms with Crippen LogP contribution in [-0.2, 0) is 16.2 Å². The minimum Gasteiger partial charge on any atom is -0.465 e. The Balaban J connectivity index is 1.66. The van der Waals surface area contributed by atoms with E-state index in [2.05, 4.69) is 31.2 Å². The highest BCUT2D eigenvalue weighted by Crippen LogP contribution is 2.40. The lowest BCUT2D eigenvalue weighted by Crippen LogP contribution is -2.44. The van der Waals surface area contributed by atoms with E-state index in [1.807, 2.05) is 0 Å². The average Bonchev–Trinajstić information content (AvgIpc) is 3.28. The van der Waals surface area contributed by atoms with Crippen molar-refractivity contribution in [3.8, 4) is 11.3 Å². The maximum atomic E-state index is 14.1. The fourth-order valence-corrected chi connectivity index (χ4v) is 6.31. The van der Waals surface area contributed by atoms with Gasteiger partial charge in [0, 0.05) is 46.9 Å². The van der Waals surface area contributed by atoms with Gasteiger partial charge in [0.1, 0.15) is 5.56 Å². The zero-order valence-electron chi connectivity index (χ0n) is 20.1.